The summed E-state index contributed by atoms with van der Waals surface area (Å²) in [6.45, 7) is 2.13. The molecular weight excluding hydrogens is 447 g/mol. The lowest BCUT2D eigenvalue weighted by Gasteiger charge is -2.26. The molecule has 4 rings (SSSR count). The number of hydrogen-bond acceptors (Lipinski definition) is 3. The van der Waals surface area contributed by atoms with Crippen LogP contribution in [0.2, 0.25) is 10.0 Å². The summed E-state index contributed by atoms with van der Waals surface area (Å²) in [7, 11) is 3.38. The predicted molar refractivity (Wildman–Crippen MR) is 130 cm³/mol. The molecule has 0 saturated heterocycles. The number of amides is 1. The number of carbonyl (C=O) groups is 2. The summed E-state index contributed by atoms with van der Waals surface area (Å²) in [5, 5.41) is 11.7. The molecule has 1 heterocycles. The van der Waals surface area contributed by atoms with Crippen molar-refractivity contribution in [2.45, 2.75) is 19.8 Å². The molecule has 2 aromatic carbocycles. The van der Waals surface area contributed by atoms with Gasteiger partial charge in [0.25, 0.3) is 0 Å². The summed E-state index contributed by atoms with van der Waals surface area (Å²) in [6, 6.07) is 12.8. The molecular formula is C25H24Cl2N2O3. The van der Waals surface area contributed by atoms with Gasteiger partial charge in [-0.25, -0.2) is 9.78 Å². The molecule has 5 nitrogen and oxygen atoms in total. The second-order valence-corrected chi connectivity index (χ2v) is 8.90. The maximum Gasteiger partial charge on any atom is 0.336 e. The molecule has 1 amide bonds. The molecule has 0 spiro atoms. The smallest absolute Gasteiger partial charge is 0.336 e. The molecule has 1 N–H and O–H groups in total. The molecule has 0 bridgehead atoms. The van der Waals surface area contributed by atoms with Crippen molar-refractivity contribution in [2.24, 2.45) is 5.92 Å². The Morgan fingerprint density at radius 3 is 2.47 bits per heavy atom. The highest BCUT2D eigenvalue weighted by Gasteiger charge is 2.28. The van der Waals surface area contributed by atoms with Crippen LogP contribution in [0.1, 0.15) is 40.5 Å². The molecule has 0 fully saturated rings. The monoisotopic (exact) mass is 470 g/mol. The zero-order chi connectivity index (χ0) is 23.4. The van der Waals surface area contributed by atoms with E-state index in [2.05, 4.69) is 6.92 Å². The third kappa shape index (κ3) is 5.29. The Morgan fingerprint density at radius 1 is 1.16 bits per heavy atom. The van der Waals surface area contributed by atoms with Gasteiger partial charge in [-0.2, -0.15) is 0 Å². The first-order valence-electron chi connectivity index (χ1n) is 10.1. The number of nitrogens with zero attached hydrogens (tertiary/aromatic N) is 2. The number of benzene rings is 2. The molecule has 1 aromatic heterocycles. The Balaban J connectivity index is 0.000000523. The van der Waals surface area contributed by atoms with E-state index in [1.807, 2.05) is 36.4 Å². The van der Waals surface area contributed by atoms with E-state index in [1.165, 1.54) is 4.90 Å². The number of para-hydroxylation sites is 1. The topological polar surface area (TPSA) is 70.5 Å². The number of hydrogen-bond donors (Lipinski definition) is 1. The van der Waals surface area contributed by atoms with Gasteiger partial charge in [0.05, 0.1) is 16.8 Å². The zero-order valence-electron chi connectivity index (χ0n) is 18.1. The second-order valence-electron chi connectivity index (χ2n) is 8.05. The molecule has 0 saturated carbocycles. The number of allylic oxidation sites excluding steroid dienone is 1. The van der Waals surface area contributed by atoms with Gasteiger partial charge in [0.2, 0.25) is 6.41 Å². The quantitative estimate of drug-likeness (QED) is 0.471. The van der Waals surface area contributed by atoms with Crippen LogP contribution in [0.5, 0.6) is 0 Å². The summed E-state index contributed by atoms with van der Waals surface area (Å²) >= 11 is 12.3. The number of carboxylic acid groups (broad SMARTS) is 1. The van der Waals surface area contributed by atoms with E-state index in [-0.39, 0.29) is 0 Å². The van der Waals surface area contributed by atoms with E-state index in [4.69, 9.17) is 28.2 Å². The van der Waals surface area contributed by atoms with Gasteiger partial charge < -0.3 is 10.0 Å². The van der Waals surface area contributed by atoms with Gasteiger partial charge in [-0.05, 0) is 59.7 Å². The normalized spacial score (nSPS) is 16.2. The van der Waals surface area contributed by atoms with E-state index in [0.717, 1.165) is 35.2 Å². The van der Waals surface area contributed by atoms with Crippen LogP contribution in [-0.4, -0.2) is 41.5 Å². The summed E-state index contributed by atoms with van der Waals surface area (Å²) in [4.78, 5) is 27.8. The number of fused-ring (bicyclic) bond motifs is 2. The summed E-state index contributed by atoms with van der Waals surface area (Å²) < 4.78 is 0. The van der Waals surface area contributed by atoms with Gasteiger partial charge in [0, 0.05) is 29.5 Å². The van der Waals surface area contributed by atoms with Crippen LogP contribution >= 0.6 is 23.2 Å². The zero-order valence-corrected chi connectivity index (χ0v) is 19.6. The van der Waals surface area contributed by atoms with Crippen LogP contribution in [0.4, 0.5) is 0 Å². The highest BCUT2D eigenvalue weighted by atomic mass is 35.5. The van der Waals surface area contributed by atoms with E-state index in [9.17, 15) is 14.7 Å². The Labute approximate surface area is 197 Å². The van der Waals surface area contributed by atoms with Crippen LogP contribution in [0.3, 0.4) is 0 Å². The number of halogens is 2. The minimum atomic E-state index is -0.914. The van der Waals surface area contributed by atoms with E-state index in [0.29, 0.717) is 38.9 Å². The van der Waals surface area contributed by atoms with Crippen molar-refractivity contribution in [3.05, 3.63) is 74.9 Å². The van der Waals surface area contributed by atoms with E-state index < -0.39 is 5.97 Å². The van der Waals surface area contributed by atoms with E-state index in [1.54, 1.807) is 26.2 Å². The predicted octanol–water partition coefficient (Wildman–Crippen LogP) is 6.07. The fourth-order valence-corrected chi connectivity index (χ4v) is 4.25. The molecule has 1 atom stereocenters. The van der Waals surface area contributed by atoms with Gasteiger partial charge in [-0.15, -0.1) is 0 Å². The van der Waals surface area contributed by atoms with Gasteiger partial charge in [-0.1, -0.05) is 54.4 Å². The Hall–Kier alpha value is -2.89. The van der Waals surface area contributed by atoms with Crippen LogP contribution in [0.15, 0.2) is 42.5 Å². The minimum Gasteiger partial charge on any atom is -0.478 e. The molecule has 32 heavy (non-hydrogen) atoms. The van der Waals surface area contributed by atoms with Crippen molar-refractivity contribution in [2.75, 3.05) is 14.1 Å². The lowest BCUT2D eigenvalue weighted by atomic mass is 9.80. The molecule has 1 aliphatic carbocycles. The SMILES string of the molecule is CC1CC(=Cc2ccc(Cl)cc2Cl)c2nc3ccccc3c(C(=O)O)c2C1.CN(C)C=O. The first-order chi connectivity index (χ1) is 15.2. The molecule has 1 aliphatic rings. The number of rotatable bonds is 3. The van der Waals surface area contributed by atoms with Crippen LogP contribution in [0, 0.1) is 5.92 Å². The maximum atomic E-state index is 12.1. The number of aromatic nitrogens is 1. The average Bonchev–Trinajstić information content (AvgIpc) is 2.74. The molecule has 0 radical (unpaired) electrons. The van der Waals surface area contributed by atoms with Crippen molar-refractivity contribution < 1.29 is 14.7 Å². The lowest BCUT2D eigenvalue weighted by Crippen LogP contribution is -2.17. The summed E-state index contributed by atoms with van der Waals surface area (Å²) in [5.41, 5.74) is 4.46. The maximum absolute atomic E-state index is 12.1. The van der Waals surface area contributed by atoms with Crippen LogP contribution in [-0.2, 0) is 11.2 Å². The molecule has 166 valence electrons. The van der Waals surface area contributed by atoms with Crippen molar-refractivity contribution in [1.29, 1.82) is 0 Å². The Bertz CT molecular complexity index is 1210. The Kier molecular flexibility index (Phi) is 7.54. The first-order valence-corrected chi connectivity index (χ1v) is 10.9. The van der Waals surface area contributed by atoms with Crippen molar-refractivity contribution in [3.8, 4) is 0 Å². The number of aromatic carboxylic acids is 1. The minimum absolute atomic E-state index is 0.316. The summed E-state index contributed by atoms with van der Waals surface area (Å²) in [5.74, 6) is -0.598. The van der Waals surface area contributed by atoms with Crippen LogP contribution in [0.25, 0.3) is 22.6 Å². The molecule has 7 heteroatoms. The summed E-state index contributed by atoms with van der Waals surface area (Å²) in [6.07, 6.45) is 4.26. The van der Waals surface area contributed by atoms with Gasteiger partial charge in [-0.3, -0.25) is 4.79 Å². The molecule has 1 unspecified atom stereocenters. The fourth-order valence-electron chi connectivity index (χ4n) is 3.79. The third-order valence-electron chi connectivity index (χ3n) is 5.14. The molecule has 0 aliphatic heterocycles. The second kappa shape index (κ2) is 10.2. The largest absolute Gasteiger partial charge is 0.478 e. The van der Waals surface area contributed by atoms with E-state index >= 15 is 0 Å². The van der Waals surface area contributed by atoms with Crippen molar-refractivity contribution >= 4 is 58.1 Å². The number of carboxylic acids is 1. The van der Waals surface area contributed by atoms with Gasteiger partial charge >= 0.3 is 5.97 Å². The third-order valence-corrected chi connectivity index (χ3v) is 5.70. The first kappa shape index (κ1) is 23.8. The van der Waals surface area contributed by atoms with Gasteiger partial charge in [0.15, 0.2) is 0 Å². The highest BCUT2D eigenvalue weighted by Crippen LogP contribution is 2.39. The fraction of sp³-hybridized carbons (Fsp3) is 0.240. The standard InChI is InChI=1S/C22H17Cl2NO2.C3H7NO/c1-12-8-14(10-13-6-7-15(23)11-18(13)24)21-17(9-12)20(22(26)27)16-4-2-3-5-19(16)25-21;1-4(2)3-5/h2-7,10-12H,8-9H2,1H3,(H,26,27);3H,1-2H3. The lowest BCUT2D eigenvalue weighted by molar-refractivity contribution is -0.115. The van der Waals surface area contributed by atoms with Crippen LogP contribution < -0.4 is 0 Å². The Morgan fingerprint density at radius 2 is 1.84 bits per heavy atom. The number of pyridine rings is 1. The number of carbonyl (C=O) groups excluding carboxylic acids is 1. The van der Waals surface area contributed by atoms with Gasteiger partial charge in [0.1, 0.15) is 0 Å². The van der Waals surface area contributed by atoms with Crippen molar-refractivity contribution in [3.63, 3.8) is 0 Å². The average molecular weight is 471 g/mol. The molecule has 3 aromatic rings. The highest BCUT2D eigenvalue weighted by molar-refractivity contribution is 6.35. The van der Waals surface area contributed by atoms with Crippen molar-refractivity contribution in [1.82, 2.24) is 9.88 Å².